The van der Waals surface area contributed by atoms with Crippen LogP contribution in [0.1, 0.15) is 18.4 Å². The van der Waals surface area contributed by atoms with Gasteiger partial charge in [-0.05, 0) is 12.8 Å². The average Bonchev–Trinajstić information content (AvgIpc) is 2.82. The molecule has 2 nitrogen and oxygen atoms in total. The molecular weight excluding hydrogens is 190 g/mol. The number of hydrogen-bond acceptors (Lipinski definition) is 2. The van der Waals surface area contributed by atoms with Crippen molar-refractivity contribution in [1.29, 1.82) is 0 Å². The zero-order valence-electron chi connectivity index (χ0n) is 7.68. The van der Waals surface area contributed by atoms with Crippen molar-refractivity contribution in [2.24, 2.45) is 0 Å². The third kappa shape index (κ3) is 1.35. The smallest absolute Gasteiger partial charge is 0.135 e. The van der Waals surface area contributed by atoms with Gasteiger partial charge in [-0.3, -0.25) is 0 Å². The standard InChI is InChI=1S/C10H10F2O2/c1-14-8-5-6(11)4-7(12)9(8)10(13)2-3-10/h4-5,13H,2-3H2,1H3. The quantitative estimate of drug-likeness (QED) is 0.790. The van der Waals surface area contributed by atoms with Crippen LogP contribution in [0.2, 0.25) is 0 Å². The minimum absolute atomic E-state index is 0.0707. The lowest BCUT2D eigenvalue weighted by Crippen LogP contribution is -2.10. The van der Waals surface area contributed by atoms with Gasteiger partial charge in [0.2, 0.25) is 0 Å². The van der Waals surface area contributed by atoms with Crippen LogP contribution in [-0.4, -0.2) is 12.2 Å². The molecule has 1 fully saturated rings. The minimum Gasteiger partial charge on any atom is -0.496 e. The van der Waals surface area contributed by atoms with Crippen molar-refractivity contribution in [2.45, 2.75) is 18.4 Å². The largest absolute Gasteiger partial charge is 0.496 e. The molecule has 0 spiro atoms. The zero-order valence-corrected chi connectivity index (χ0v) is 7.68. The Morgan fingerprint density at radius 3 is 2.50 bits per heavy atom. The van der Waals surface area contributed by atoms with Crippen LogP contribution in [0.15, 0.2) is 12.1 Å². The van der Waals surface area contributed by atoms with Crippen molar-refractivity contribution < 1.29 is 18.6 Å². The highest BCUT2D eigenvalue weighted by Gasteiger charge is 2.46. The maximum Gasteiger partial charge on any atom is 0.135 e. The first-order valence-electron chi connectivity index (χ1n) is 4.33. The lowest BCUT2D eigenvalue weighted by atomic mass is 10.1. The van der Waals surface area contributed by atoms with E-state index in [2.05, 4.69) is 0 Å². The Balaban J connectivity index is 2.56. The Kier molecular flexibility index (Phi) is 1.96. The Labute approximate surface area is 80.1 Å². The van der Waals surface area contributed by atoms with Gasteiger partial charge in [0.05, 0.1) is 18.3 Å². The van der Waals surface area contributed by atoms with Gasteiger partial charge in [-0.1, -0.05) is 0 Å². The number of halogens is 2. The van der Waals surface area contributed by atoms with Crippen LogP contribution in [0.3, 0.4) is 0 Å². The van der Waals surface area contributed by atoms with E-state index in [-0.39, 0.29) is 11.3 Å². The second-order valence-electron chi connectivity index (χ2n) is 3.50. The Morgan fingerprint density at radius 2 is 2.00 bits per heavy atom. The summed E-state index contributed by atoms with van der Waals surface area (Å²) >= 11 is 0. The average molecular weight is 200 g/mol. The van der Waals surface area contributed by atoms with Crippen LogP contribution in [0.25, 0.3) is 0 Å². The molecule has 0 aromatic heterocycles. The van der Waals surface area contributed by atoms with Gasteiger partial charge >= 0.3 is 0 Å². The van der Waals surface area contributed by atoms with Crippen molar-refractivity contribution in [3.8, 4) is 5.75 Å². The lowest BCUT2D eigenvalue weighted by molar-refractivity contribution is 0.142. The fourth-order valence-corrected chi connectivity index (χ4v) is 1.53. The molecule has 1 aromatic carbocycles. The molecule has 0 atom stereocenters. The Hall–Kier alpha value is -1.16. The molecule has 76 valence electrons. The molecule has 0 bridgehead atoms. The fourth-order valence-electron chi connectivity index (χ4n) is 1.53. The highest BCUT2D eigenvalue weighted by molar-refractivity contribution is 5.42. The van der Waals surface area contributed by atoms with Crippen LogP contribution in [-0.2, 0) is 5.60 Å². The fraction of sp³-hybridized carbons (Fsp3) is 0.400. The van der Waals surface area contributed by atoms with Gasteiger partial charge < -0.3 is 9.84 Å². The van der Waals surface area contributed by atoms with E-state index in [1.807, 2.05) is 0 Å². The maximum absolute atomic E-state index is 13.4. The van der Waals surface area contributed by atoms with E-state index in [1.165, 1.54) is 7.11 Å². The summed E-state index contributed by atoms with van der Waals surface area (Å²) in [5.74, 6) is -1.38. The van der Waals surface area contributed by atoms with Crippen LogP contribution in [0.4, 0.5) is 8.78 Å². The molecular formula is C10H10F2O2. The molecule has 2 rings (SSSR count). The highest BCUT2D eigenvalue weighted by atomic mass is 19.1. The van der Waals surface area contributed by atoms with Gasteiger partial charge in [-0.15, -0.1) is 0 Å². The van der Waals surface area contributed by atoms with Gasteiger partial charge in [-0.25, -0.2) is 8.78 Å². The summed E-state index contributed by atoms with van der Waals surface area (Å²) in [5, 5.41) is 9.74. The van der Waals surface area contributed by atoms with Crippen molar-refractivity contribution in [2.75, 3.05) is 7.11 Å². The molecule has 0 radical (unpaired) electrons. The number of methoxy groups -OCH3 is 1. The first-order chi connectivity index (χ1) is 6.57. The summed E-state index contributed by atoms with van der Waals surface area (Å²) in [6.07, 6.45) is 0.984. The molecule has 0 saturated heterocycles. The molecule has 1 aromatic rings. The van der Waals surface area contributed by atoms with E-state index >= 15 is 0 Å². The summed E-state index contributed by atoms with van der Waals surface area (Å²) in [5.41, 5.74) is -1.08. The predicted molar refractivity (Wildman–Crippen MR) is 46.0 cm³/mol. The monoisotopic (exact) mass is 200 g/mol. The second-order valence-corrected chi connectivity index (χ2v) is 3.50. The van der Waals surface area contributed by atoms with Gasteiger partial charge in [0.1, 0.15) is 17.4 Å². The van der Waals surface area contributed by atoms with E-state index in [0.717, 1.165) is 12.1 Å². The number of aliphatic hydroxyl groups is 1. The van der Waals surface area contributed by atoms with Gasteiger partial charge in [0.15, 0.2) is 0 Å². The third-order valence-corrected chi connectivity index (χ3v) is 2.43. The van der Waals surface area contributed by atoms with Crippen molar-refractivity contribution in [1.82, 2.24) is 0 Å². The molecule has 1 aliphatic carbocycles. The zero-order chi connectivity index (χ0) is 10.3. The van der Waals surface area contributed by atoms with E-state index in [9.17, 15) is 13.9 Å². The first kappa shape index (κ1) is 9.40. The van der Waals surface area contributed by atoms with Gasteiger partial charge in [0, 0.05) is 12.1 Å². The van der Waals surface area contributed by atoms with Gasteiger partial charge in [0.25, 0.3) is 0 Å². The molecule has 1 saturated carbocycles. The van der Waals surface area contributed by atoms with Crippen LogP contribution < -0.4 is 4.74 Å². The van der Waals surface area contributed by atoms with E-state index in [1.54, 1.807) is 0 Å². The summed E-state index contributed by atoms with van der Waals surface area (Å²) in [6.45, 7) is 0. The van der Waals surface area contributed by atoms with E-state index in [4.69, 9.17) is 4.74 Å². The molecule has 14 heavy (non-hydrogen) atoms. The van der Waals surface area contributed by atoms with Crippen LogP contribution in [0, 0.1) is 11.6 Å². The predicted octanol–water partition coefficient (Wildman–Crippen LogP) is 1.95. The summed E-state index contributed by atoms with van der Waals surface area (Å²) in [6, 6.07) is 1.84. The summed E-state index contributed by atoms with van der Waals surface area (Å²) in [4.78, 5) is 0. The summed E-state index contributed by atoms with van der Waals surface area (Å²) < 4.78 is 31.0. The summed E-state index contributed by atoms with van der Waals surface area (Å²) in [7, 11) is 1.32. The van der Waals surface area contributed by atoms with Crippen LogP contribution >= 0.6 is 0 Å². The minimum atomic E-state index is -1.15. The molecule has 0 heterocycles. The van der Waals surface area contributed by atoms with Crippen LogP contribution in [0.5, 0.6) is 5.75 Å². The molecule has 1 aliphatic rings. The van der Waals surface area contributed by atoms with E-state index in [0.29, 0.717) is 12.8 Å². The lowest BCUT2D eigenvalue weighted by Gasteiger charge is -2.14. The van der Waals surface area contributed by atoms with Gasteiger partial charge in [-0.2, -0.15) is 0 Å². The highest BCUT2D eigenvalue weighted by Crippen LogP contribution is 2.49. The Morgan fingerprint density at radius 1 is 1.36 bits per heavy atom. The number of benzene rings is 1. The number of hydrogen-bond donors (Lipinski definition) is 1. The molecule has 0 amide bonds. The van der Waals surface area contributed by atoms with Crippen molar-refractivity contribution in [3.05, 3.63) is 29.3 Å². The number of rotatable bonds is 2. The second kappa shape index (κ2) is 2.92. The van der Waals surface area contributed by atoms with Crippen molar-refractivity contribution in [3.63, 3.8) is 0 Å². The maximum atomic E-state index is 13.4. The molecule has 0 unspecified atom stereocenters. The third-order valence-electron chi connectivity index (χ3n) is 2.43. The molecule has 0 aliphatic heterocycles. The molecule has 1 N–H and O–H groups in total. The topological polar surface area (TPSA) is 29.5 Å². The Bertz CT molecular complexity index is 373. The number of ether oxygens (including phenoxy) is 1. The SMILES string of the molecule is COc1cc(F)cc(F)c1C1(O)CC1. The van der Waals surface area contributed by atoms with Crippen molar-refractivity contribution >= 4 is 0 Å². The normalized spacial score (nSPS) is 18.0. The first-order valence-corrected chi connectivity index (χ1v) is 4.33. The molecule has 4 heteroatoms. The van der Waals surface area contributed by atoms with E-state index < -0.39 is 17.2 Å².